The predicted molar refractivity (Wildman–Crippen MR) is 86.7 cm³/mol. The molecule has 0 radical (unpaired) electrons. The lowest BCUT2D eigenvalue weighted by Gasteiger charge is -2.13. The monoisotopic (exact) mass is 332 g/mol. The van der Waals surface area contributed by atoms with Crippen LogP contribution in [0, 0.1) is 0 Å². The highest BCUT2D eigenvalue weighted by atomic mass is 35.5. The van der Waals surface area contributed by atoms with E-state index in [-0.39, 0.29) is 12.1 Å². The van der Waals surface area contributed by atoms with Crippen molar-refractivity contribution in [3.8, 4) is 11.5 Å². The Kier molecular flexibility index (Phi) is 3.83. The van der Waals surface area contributed by atoms with Crippen LogP contribution in [-0.2, 0) is 6.54 Å². The Balaban J connectivity index is 2.17. The number of aromatic hydroxyl groups is 1. The summed E-state index contributed by atoms with van der Waals surface area (Å²) < 4.78 is 8.05. The second-order valence-corrected chi connectivity index (χ2v) is 5.36. The van der Waals surface area contributed by atoms with Crippen LogP contribution in [0.25, 0.3) is 5.52 Å². The Labute approximate surface area is 135 Å². The van der Waals surface area contributed by atoms with Gasteiger partial charge in [-0.1, -0.05) is 23.7 Å². The number of rotatable bonds is 3. The molecule has 3 aromatic rings. The van der Waals surface area contributed by atoms with Crippen molar-refractivity contribution in [1.82, 2.24) is 8.97 Å². The van der Waals surface area contributed by atoms with E-state index in [4.69, 9.17) is 16.3 Å². The molecule has 6 nitrogen and oxygen atoms in total. The lowest BCUT2D eigenvalue weighted by molar-refractivity contribution is 0.408. The smallest absolute Gasteiger partial charge is 0.279 e. The van der Waals surface area contributed by atoms with Gasteiger partial charge in [-0.15, -0.1) is 0 Å². The van der Waals surface area contributed by atoms with Crippen molar-refractivity contribution in [3.63, 3.8) is 0 Å². The molecule has 0 bridgehead atoms. The minimum atomic E-state index is -0.597. The molecule has 0 aliphatic heterocycles. The summed E-state index contributed by atoms with van der Waals surface area (Å²) in [5.41, 5.74) is -0.435. The number of nitrogens with zero attached hydrogens (tertiary/aromatic N) is 2. The van der Waals surface area contributed by atoms with Gasteiger partial charge in [-0.3, -0.25) is 9.59 Å². The summed E-state index contributed by atoms with van der Waals surface area (Å²) in [4.78, 5) is 24.1. The molecule has 0 atom stereocenters. The van der Waals surface area contributed by atoms with E-state index in [1.807, 2.05) is 0 Å². The average molecular weight is 333 g/mol. The molecule has 0 aliphatic rings. The molecule has 1 aromatic carbocycles. The number of para-hydroxylation sites is 1. The van der Waals surface area contributed by atoms with E-state index in [0.29, 0.717) is 16.3 Å². The van der Waals surface area contributed by atoms with E-state index >= 15 is 0 Å². The second kappa shape index (κ2) is 5.81. The molecule has 0 unspecified atom stereocenters. The topological polar surface area (TPSA) is 72.9 Å². The zero-order valence-corrected chi connectivity index (χ0v) is 12.9. The van der Waals surface area contributed by atoms with Gasteiger partial charge in [0.25, 0.3) is 5.56 Å². The highest BCUT2D eigenvalue weighted by molar-refractivity contribution is 6.32. The zero-order valence-electron chi connectivity index (χ0n) is 12.2. The molecule has 0 amide bonds. The highest BCUT2D eigenvalue weighted by Crippen LogP contribution is 2.28. The molecule has 0 spiro atoms. The number of halogens is 1. The number of aromatic nitrogens is 2. The molecule has 7 heteroatoms. The van der Waals surface area contributed by atoms with Gasteiger partial charge in [0, 0.05) is 30.2 Å². The first-order chi connectivity index (χ1) is 11.0. The van der Waals surface area contributed by atoms with E-state index in [9.17, 15) is 14.7 Å². The maximum Gasteiger partial charge on any atom is 0.279 e. The van der Waals surface area contributed by atoms with Gasteiger partial charge in [-0.25, -0.2) is 0 Å². The van der Waals surface area contributed by atoms with Crippen LogP contribution in [-0.4, -0.2) is 21.2 Å². The Bertz CT molecular complexity index is 1010. The summed E-state index contributed by atoms with van der Waals surface area (Å²) in [6, 6.07) is 6.44. The third-order valence-corrected chi connectivity index (χ3v) is 3.86. The second-order valence-electron chi connectivity index (χ2n) is 4.95. The summed E-state index contributed by atoms with van der Waals surface area (Å²) in [6.45, 7) is 0.196. The van der Waals surface area contributed by atoms with Crippen LogP contribution in [0.15, 0.2) is 52.4 Å². The van der Waals surface area contributed by atoms with Crippen molar-refractivity contribution in [2.24, 2.45) is 0 Å². The van der Waals surface area contributed by atoms with Gasteiger partial charge >= 0.3 is 0 Å². The fraction of sp³-hybridized carbons (Fsp3) is 0.125. The van der Waals surface area contributed by atoms with Crippen LogP contribution >= 0.6 is 11.6 Å². The predicted octanol–water partition coefficient (Wildman–Crippen LogP) is 1.88. The fourth-order valence-corrected chi connectivity index (χ4v) is 2.72. The average Bonchev–Trinajstić information content (AvgIpc) is 2.53. The molecule has 118 valence electrons. The Morgan fingerprint density at radius 3 is 2.70 bits per heavy atom. The van der Waals surface area contributed by atoms with Crippen molar-refractivity contribution < 1.29 is 9.84 Å². The number of fused-ring (bicyclic) bond motifs is 1. The van der Waals surface area contributed by atoms with Crippen LogP contribution in [0.1, 0.15) is 5.56 Å². The molecular weight excluding hydrogens is 320 g/mol. The van der Waals surface area contributed by atoms with Gasteiger partial charge in [0.2, 0.25) is 5.43 Å². The quantitative estimate of drug-likeness (QED) is 0.794. The van der Waals surface area contributed by atoms with E-state index < -0.39 is 16.7 Å². The van der Waals surface area contributed by atoms with Gasteiger partial charge < -0.3 is 18.8 Å². The summed E-state index contributed by atoms with van der Waals surface area (Å²) in [5, 5.41) is 10.3. The van der Waals surface area contributed by atoms with E-state index in [0.717, 1.165) is 0 Å². The lowest BCUT2D eigenvalue weighted by Crippen LogP contribution is -2.24. The molecule has 0 fully saturated rings. The number of hydrogen-bond acceptors (Lipinski definition) is 4. The van der Waals surface area contributed by atoms with Crippen LogP contribution in [0.4, 0.5) is 0 Å². The maximum absolute atomic E-state index is 12.6. The highest BCUT2D eigenvalue weighted by Gasteiger charge is 2.12. The molecular formula is C16H13ClN2O4. The van der Waals surface area contributed by atoms with Gasteiger partial charge in [-0.05, 0) is 6.07 Å². The Hall–Kier alpha value is -2.73. The molecule has 1 N–H and O–H groups in total. The van der Waals surface area contributed by atoms with E-state index in [1.165, 1.54) is 28.3 Å². The molecule has 0 aliphatic carbocycles. The standard InChI is InChI=1S/C16H13ClN2O4/c1-23-15-10(3-2-4-11(15)17)9-19-8-7-18-6-5-12(20)14(21)13(18)16(19)22/h2-8,21H,9H2,1H3. The van der Waals surface area contributed by atoms with Gasteiger partial charge in [0.05, 0.1) is 18.7 Å². The molecule has 0 saturated carbocycles. The number of benzene rings is 1. The van der Waals surface area contributed by atoms with Crippen molar-refractivity contribution in [2.45, 2.75) is 6.54 Å². The van der Waals surface area contributed by atoms with E-state index in [1.54, 1.807) is 30.6 Å². The maximum atomic E-state index is 12.6. The molecule has 23 heavy (non-hydrogen) atoms. The first-order valence-electron chi connectivity index (χ1n) is 6.77. The number of ether oxygens (including phenoxy) is 1. The minimum absolute atomic E-state index is 0.0685. The molecule has 2 aromatic heterocycles. The summed E-state index contributed by atoms with van der Waals surface area (Å²) >= 11 is 6.08. The third kappa shape index (κ3) is 2.57. The van der Waals surface area contributed by atoms with Crippen LogP contribution < -0.4 is 15.7 Å². The lowest BCUT2D eigenvalue weighted by atomic mass is 10.2. The van der Waals surface area contributed by atoms with Gasteiger partial charge in [-0.2, -0.15) is 0 Å². The number of pyridine rings is 1. The fourth-order valence-electron chi connectivity index (χ4n) is 2.45. The first-order valence-corrected chi connectivity index (χ1v) is 7.15. The summed E-state index contributed by atoms with van der Waals surface area (Å²) in [5.74, 6) is -0.0828. The van der Waals surface area contributed by atoms with Crippen molar-refractivity contribution in [1.29, 1.82) is 0 Å². The van der Waals surface area contributed by atoms with Crippen LogP contribution in [0.5, 0.6) is 11.5 Å². The largest absolute Gasteiger partial charge is 0.503 e. The number of methoxy groups -OCH3 is 1. The first kappa shape index (κ1) is 15.2. The third-order valence-electron chi connectivity index (χ3n) is 3.57. The van der Waals surface area contributed by atoms with E-state index in [2.05, 4.69) is 0 Å². The minimum Gasteiger partial charge on any atom is -0.503 e. The van der Waals surface area contributed by atoms with Gasteiger partial charge in [0.15, 0.2) is 11.3 Å². The van der Waals surface area contributed by atoms with Crippen molar-refractivity contribution in [3.05, 3.63) is 74.0 Å². The van der Waals surface area contributed by atoms with Crippen molar-refractivity contribution >= 4 is 17.1 Å². The van der Waals surface area contributed by atoms with Gasteiger partial charge in [0.1, 0.15) is 5.75 Å². The normalized spacial score (nSPS) is 10.9. The molecule has 2 heterocycles. The molecule has 3 rings (SSSR count). The zero-order chi connectivity index (χ0) is 16.6. The number of hydrogen-bond donors (Lipinski definition) is 1. The SMILES string of the molecule is COc1c(Cl)cccc1Cn1ccn2ccc(=O)c(O)c2c1=O. The summed E-state index contributed by atoms with van der Waals surface area (Å²) in [7, 11) is 1.50. The van der Waals surface area contributed by atoms with Crippen LogP contribution in [0.2, 0.25) is 5.02 Å². The Morgan fingerprint density at radius 2 is 1.96 bits per heavy atom. The Morgan fingerprint density at radius 1 is 1.17 bits per heavy atom. The van der Waals surface area contributed by atoms with Crippen LogP contribution in [0.3, 0.4) is 0 Å². The van der Waals surface area contributed by atoms with Crippen molar-refractivity contribution in [2.75, 3.05) is 7.11 Å². The molecule has 0 saturated heterocycles. The summed E-state index contributed by atoms with van der Waals surface area (Å²) in [6.07, 6.45) is 4.59.